The standard InChI is InChI=1S/C22H21F3N4O3/c1-2-19(30)28-9-7-14(11-28)21(31)29-10-8-17-18(12-29)26-13-27-20(17)32-16-5-3-15(4-6-16)22(23,24)25/h2-6,13-14H,1,7-12H2/t14-/m1/s1. The Bertz CT molecular complexity index is 1040. The van der Waals surface area contributed by atoms with Crippen LogP contribution in [0.3, 0.4) is 0 Å². The summed E-state index contributed by atoms with van der Waals surface area (Å²) < 4.78 is 44.0. The first-order valence-electron chi connectivity index (χ1n) is 10.1. The van der Waals surface area contributed by atoms with E-state index in [2.05, 4.69) is 16.5 Å². The Balaban J connectivity index is 1.44. The summed E-state index contributed by atoms with van der Waals surface area (Å²) in [5.74, 6) is 0.0342. The minimum Gasteiger partial charge on any atom is -0.439 e. The predicted molar refractivity (Wildman–Crippen MR) is 108 cm³/mol. The molecule has 3 heterocycles. The van der Waals surface area contributed by atoms with E-state index < -0.39 is 11.7 Å². The number of likely N-dealkylation sites (tertiary alicyclic amines) is 1. The Morgan fingerprint density at radius 3 is 2.56 bits per heavy atom. The van der Waals surface area contributed by atoms with Crippen LogP contribution in [-0.4, -0.2) is 51.2 Å². The monoisotopic (exact) mass is 446 g/mol. The Kier molecular flexibility index (Phi) is 5.86. The molecule has 4 rings (SSSR count). The molecular weight excluding hydrogens is 425 g/mol. The molecule has 0 spiro atoms. The van der Waals surface area contributed by atoms with Gasteiger partial charge in [-0.15, -0.1) is 0 Å². The van der Waals surface area contributed by atoms with Crippen LogP contribution in [0.15, 0.2) is 43.2 Å². The number of aromatic nitrogens is 2. The molecule has 10 heteroatoms. The van der Waals surface area contributed by atoms with Crippen molar-refractivity contribution in [3.63, 3.8) is 0 Å². The number of alkyl halides is 3. The minimum absolute atomic E-state index is 0.0289. The Labute approximate surface area is 182 Å². The summed E-state index contributed by atoms with van der Waals surface area (Å²) in [6.07, 6.45) is -0.795. The van der Waals surface area contributed by atoms with Gasteiger partial charge in [0, 0.05) is 25.2 Å². The number of benzene rings is 1. The molecule has 2 aliphatic rings. The van der Waals surface area contributed by atoms with Gasteiger partial charge < -0.3 is 14.5 Å². The number of hydrogen-bond acceptors (Lipinski definition) is 5. The lowest BCUT2D eigenvalue weighted by Gasteiger charge is -2.30. The molecule has 1 aromatic carbocycles. The maximum atomic E-state index is 13.0. The van der Waals surface area contributed by atoms with Crippen LogP contribution < -0.4 is 4.74 Å². The molecule has 2 aliphatic heterocycles. The first-order chi connectivity index (χ1) is 15.3. The van der Waals surface area contributed by atoms with Crippen molar-refractivity contribution in [2.45, 2.75) is 25.6 Å². The molecule has 7 nitrogen and oxygen atoms in total. The van der Waals surface area contributed by atoms with Gasteiger partial charge in [0.05, 0.1) is 23.7 Å². The zero-order valence-corrected chi connectivity index (χ0v) is 17.1. The van der Waals surface area contributed by atoms with Crippen molar-refractivity contribution in [1.82, 2.24) is 19.8 Å². The topological polar surface area (TPSA) is 75.6 Å². The fourth-order valence-corrected chi connectivity index (χ4v) is 3.97. The number of nitrogens with zero attached hydrogens (tertiary/aromatic N) is 4. The lowest BCUT2D eigenvalue weighted by atomic mass is 10.0. The third kappa shape index (κ3) is 4.44. The largest absolute Gasteiger partial charge is 0.439 e. The van der Waals surface area contributed by atoms with E-state index in [1.165, 1.54) is 24.5 Å². The number of hydrogen-bond donors (Lipinski definition) is 0. The highest BCUT2D eigenvalue weighted by molar-refractivity contribution is 5.88. The summed E-state index contributed by atoms with van der Waals surface area (Å²) in [5.41, 5.74) is 0.605. The lowest BCUT2D eigenvalue weighted by molar-refractivity contribution is -0.138. The maximum absolute atomic E-state index is 13.0. The van der Waals surface area contributed by atoms with E-state index in [0.29, 0.717) is 38.2 Å². The molecule has 1 aromatic heterocycles. The number of rotatable bonds is 4. The quantitative estimate of drug-likeness (QED) is 0.675. The van der Waals surface area contributed by atoms with E-state index in [9.17, 15) is 22.8 Å². The number of amides is 2. The molecule has 0 N–H and O–H groups in total. The van der Waals surface area contributed by atoms with Gasteiger partial charge in [-0.2, -0.15) is 13.2 Å². The van der Waals surface area contributed by atoms with Crippen LogP contribution in [0.1, 0.15) is 23.2 Å². The number of fused-ring (bicyclic) bond motifs is 1. The summed E-state index contributed by atoms with van der Waals surface area (Å²) in [6.45, 7) is 5.10. The van der Waals surface area contributed by atoms with E-state index in [1.807, 2.05) is 0 Å². The summed E-state index contributed by atoms with van der Waals surface area (Å²) in [5, 5.41) is 0. The highest BCUT2D eigenvalue weighted by atomic mass is 19.4. The third-order valence-electron chi connectivity index (χ3n) is 5.70. The smallest absolute Gasteiger partial charge is 0.416 e. The minimum atomic E-state index is -4.42. The maximum Gasteiger partial charge on any atom is 0.416 e. The fourth-order valence-electron chi connectivity index (χ4n) is 3.97. The van der Waals surface area contributed by atoms with Gasteiger partial charge in [-0.1, -0.05) is 6.58 Å². The molecule has 0 radical (unpaired) electrons. The molecule has 1 fully saturated rings. The molecular formula is C22H21F3N4O3. The van der Waals surface area contributed by atoms with Gasteiger partial charge in [0.25, 0.3) is 0 Å². The summed E-state index contributed by atoms with van der Waals surface area (Å²) in [6, 6.07) is 4.38. The van der Waals surface area contributed by atoms with E-state index in [0.717, 1.165) is 17.7 Å². The number of carbonyl (C=O) groups excluding carboxylic acids is 2. The summed E-state index contributed by atoms with van der Waals surface area (Å²) in [4.78, 5) is 36.5. The van der Waals surface area contributed by atoms with Gasteiger partial charge in [-0.05, 0) is 43.2 Å². The molecule has 0 unspecified atom stereocenters. The van der Waals surface area contributed by atoms with Crippen LogP contribution in [0.5, 0.6) is 11.6 Å². The van der Waals surface area contributed by atoms with Gasteiger partial charge in [-0.3, -0.25) is 9.59 Å². The molecule has 32 heavy (non-hydrogen) atoms. The molecule has 168 valence electrons. The van der Waals surface area contributed by atoms with Crippen LogP contribution in [0.2, 0.25) is 0 Å². The van der Waals surface area contributed by atoms with Crippen LogP contribution in [0.25, 0.3) is 0 Å². The second kappa shape index (κ2) is 8.60. The molecule has 0 aliphatic carbocycles. The second-order valence-corrected chi connectivity index (χ2v) is 7.71. The SMILES string of the molecule is C=CC(=O)N1CC[C@@H](C(=O)N2CCc3c(ncnc3Oc3ccc(C(F)(F)F)cc3)C2)C1. The number of ether oxygens (including phenoxy) is 1. The molecule has 2 amide bonds. The Morgan fingerprint density at radius 2 is 1.88 bits per heavy atom. The van der Waals surface area contributed by atoms with Crippen LogP contribution in [0.4, 0.5) is 13.2 Å². The van der Waals surface area contributed by atoms with Crippen molar-refractivity contribution in [3.8, 4) is 11.6 Å². The molecule has 1 saturated heterocycles. The van der Waals surface area contributed by atoms with Gasteiger partial charge in [-0.25, -0.2) is 9.97 Å². The third-order valence-corrected chi connectivity index (χ3v) is 5.70. The number of carbonyl (C=O) groups is 2. The van der Waals surface area contributed by atoms with Gasteiger partial charge in [0.2, 0.25) is 17.7 Å². The Hall–Kier alpha value is -3.43. The average molecular weight is 446 g/mol. The Morgan fingerprint density at radius 1 is 1.12 bits per heavy atom. The van der Waals surface area contributed by atoms with E-state index >= 15 is 0 Å². The van der Waals surface area contributed by atoms with Crippen molar-refractivity contribution in [3.05, 3.63) is 60.1 Å². The lowest BCUT2D eigenvalue weighted by Crippen LogP contribution is -2.41. The van der Waals surface area contributed by atoms with E-state index in [1.54, 1.807) is 9.80 Å². The molecule has 1 atom stereocenters. The second-order valence-electron chi connectivity index (χ2n) is 7.71. The fraction of sp³-hybridized carbons (Fsp3) is 0.364. The van der Waals surface area contributed by atoms with E-state index in [4.69, 9.17) is 4.74 Å². The van der Waals surface area contributed by atoms with Crippen LogP contribution in [0, 0.1) is 5.92 Å². The van der Waals surface area contributed by atoms with Crippen molar-refractivity contribution >= 4 is 11.8 Å². The van der Waals surface area contributed by atoms with Crippen molar-refractivity contribution in [1.29, 1.82) is 0 Å². The molecule has 0 saturated carbocycles. The highest BCUT2D eigenvalue weighted by Gasteiger charge is 2.35. The average Bonchev–Trinajstić information content (AvgIpc) is 3.28. The van der Waals surface area contributed by atoms with Crippen LogP contribution >= 0.6 is 0 Å². The first-order valence-corrected chi connectivity index (χ1v) is 10.1. The first kappa shape index (κ1) is 21.8. The van der Waals surface area contributed by atoms with Crippen molar-refractivity contribution < 1.29 is 27.5 Å². The zero-order valence-electron chi connectivity index (χ0n) is 17.1. The number of halogens is 3. The van der Waals surface area contributed by atoms with Crippen molar-refractivity contribution in [2.75, 3.05) is 19.6 Å². The van der Waals surface area contributed by atoms with E-state index in [-0.39, 0.29) is 35.9 Å². The molecule has 2 aromatic rings. The summed E-state index contributed by atoms with van der Waals surface area (Å²) >= 11 is 0. The van der Waals surface area contributed by atoms with Gasteiger partial charge in [0.1, 0.15) is 12.1 Å². The van der Waals surface area contributed by atoms with Gasteiger partial charge in [0.15, 0.2) is 0 Å². The van der Waals surface area contributed by atoms with Crippen LogP contribution in [-0.2, 0) is 28.7 Å². The molecule has 0 bridgehead atoms. The normalized spacial score (nSPS) is 18.3. The zero-order chi connectivity index (χ0) is 22.9. The predicted octanol–water partition coefficient (Wildman–Crippen LogP) is 3.21. The van der Waals surface area contributed by atoms with Crippen molar-refractivity contribution in [2.24, 2.45) is 5.92 Å². The highest BCUT2D eigenvalue weighted by Crippen LogP contribution is 2.33. The summed E-state index contributed by atoms with van der Waals surface area (Å²) in [7, 11) is 0. The van der Waals surface area contributed by atoms with Gasteiger partial charge >= 0.3 is 6.18 Å².